The van der Waals surface area contributed by atoms with E-state index < -0.39 is 0 Å². The van der Waals surface area contributed by atoms with Crippen LogP contribution in [-0.2, 0) is 0 Å². The fourth-order valence-electron chi connectivity index (χ4n) is 11.4. The van der Waals surface area contributed by atoms with E-state index in [1.54, 1.807) is 0 Å². The summed E-state index contributed by atoms with van der Waals surface area (Å²) in [6.45, 7) is 0. The van der Waals surface area contributed by atoms with Gasteiger partial charge < -0.3 is 4.98 Å². The minimum Gasteiger partial charge on any atom is -0.355 e. The molecular weight excluding hydrogens is 783 g/mol. The molecule has 1 N–H and O–H groups in total. The first-order chi connectivity index (χ1) is 32.3. The maximum Gasteiger partial charge on any atom is 0.0465 e. The van der Waals surface area contributed by atoms with Crippen LogP contribution >= 0.6 is 0 Å². The Morgan fingerprint density at radius 2 is 0.600 bits per heavy atom. The van der Waals surface area contributed by atoms with Crippen LogP contribution in [0.1, 0.15) is 0 Å². The lowest BCUT2D eigenvalue weighted by molar-refractivity contribution is 1.54. The minimum absolute atomic E-state index is 1.14. The first kappa shape index (κ1) is 36.0. The second-order valence-electron chi connectivity index (χ2n) is 17.6. The Kier molecular flexibility index (Phi) is 7.75. The highest BCUT2D eigenvalue weighted by atomic mass is 14.7. The summed E-state index contributed by atoms with van der Waals surface area (Å²) in [4.78, 5) is 3.77. The van der Waals surface area contributed by atoms with Crippen molar-refractivity contribution in [1.82, 2.24) is 4.98 Å². The van der Waals surface area contributed by atoms with Crippen LogP contribution in [0.2, 0.25) is 0 Å². The van der Waals surface area contributed by atoms with Gasteiger partial charge in [0.25, 0.3) is 0 Å². The van der Waals surface area contributed by atoms with Crippen LogP contribution in [0.5, 0.6) is 0 Å². The van der Waals surface area contributed by atoms with Crippen molar-refractivity contribution in [3.8, 4) is 77.9 Å². The Balaban J connectivity index is 1.00. The van der Waals surface area contributed by atoms with Crippen molar-refractivity contribution < 1.29 is 0 Å². The minimum atomic E-state index is 1.14. The molecule has 0 amide bonds. The molecule has 14 rings (SSSR count). The molecule has 0 saturated carbocycles. The van der Waals surface area contributed by atoms with Gasteiger partial charge in [0.1, 0.15) is 0 Å². The molecule has 1 nitrogen and oxygen atoms in total. The fraction of sp³-hybridized carbons (Fsp3) is 0. The molecule has 1 heterocycles. The van der Waals surface area contributed by atoms with Gasteiger partial charge in [0, 0.05) is 21.8 Å². The van der Waals surface area contributed by atoms with Crippen LogP contribution in [0.4, 0.5) is 0 Å². The summed E-state index contributed by atoms with van der Waals surface area (Å²) in [5.74, 6) is 0. The maximum atomic E-state index is 3.77. The van der Waals surface area contributed by atoms with E-state index in [2.05, 4.69) is 236 Å². The van der Waals surface area contributed by atoms with Crippen molar-refractivity contribution in [2.24, 2.45) is 0 Å². The van der Waals surface area contributed by atoms with Crippen LogP contribution in [-0.4, -0.2) is 4.98 Å². The number of hydrogen-bond donors (Lipinski definition) is 1. The molecule has 300 valence electrons. The zero-order valence-corrected chi connectivity index (χ0v) is 35.4. The van der Waals surface area contributed by atoms with Crippen LogP contribution < -0.4 is 0 Å². The third-order valence-electron chi connectivity index (χ3n) is 14.1. The summed E-state index contributed by atoms with van der Waals surface area (Å²) in [6, 6.07) is 85.4. The number of aromatic amines is 1. The molecule has 1 aromatic heterocycles. The lowest BCUT2D eigenvalue weighted by Crippen LogP contribution is -1.94. The monoisotopic (exact) mass is 821 g/mol. The van der Waals surface area contributed by atoms with Crippen LogP contribution in [0.15, 0.2) is 231 Å². The predicted molar refractivity (Wildman–Crippen MR) is 277 cm³/mol. The molecule has 65 heavy (non-hydrogen) atoms. The van der Waals surface area contributed by atoms with Gasteiger partial charge in [-0.2, -0.15) is 0 Å². The summed E-state index contributed by atoms with van der Waals surface area (Å²) in [5.41, 5.74) is 20.0. The third-order valence-corrected chi connectivity index (χ3v) is 14.1. The molecule has 13 aromatic rings. The Morgan fingerprint density at radius 1 is 0.215 bits per heavy atom. The Bertz CT molecular complexity index is 4020. The lowest BCUT2D eigenvalue weighted by Gasteiger charge is -2.21. The molecule has 0 saturated heterocycles. The van der Waals surface area contributed by atoms with E-state index in [-0.39, 0.29) is 0 Å². The van der Waals surface area contributed by atoms with Crippen molar-refractivity contribution in [1.29, 1.82) is 0 Å². The summed E-state index contributed by atoms with van der Waals surface area (Å²) in [6.07, 6.45) is 0. The molecule has 1 heteroatoms. The highest BCUT2D eigenvalue weighted by Crippen LogP contribution is 2.58. The maximum absolute atomic E-state index is 3.77. The predicted octanol–water partition coefficient (Wildman–Crippen LogP) is 17.9. The van der Waals surface area contributed by atoms with Gasteiger partial charge in [0.15, 0.2) is 0 Å². The standard InChI is InChI=1S/C64H39N/c1-4-16-39(17-5-1)58-46-24-10-12-26-48(46)60(49-27-13-11-25-47(49)58)45-32-35-57-54(38-45)53-36-44(31-34-56(53)65-57)43-30-33-50-55(37-43)62(42-20-8-3-9-21-42)64-52-29-15-23-40-22-14-28-51(59(40)52)63(64)61(50)41-18-6-2-7-19-41/h1-38,65H. The molecule has 0 unspecified atom stereocenters. The van der Waals surface area contributed by atoms with Gasteiger partial charge in [-0.15, -0.1) is 0 Å². The second-order valence-corrected chi connectivity index (χ2v) is 17.6. The number of nitrogens with one attached hydrogen (secondary N) is 1. The number of benzene rings is 12. The quantitative estimate of drug-likeness (QED) is 0.167. The van der Waals surface area contributed by atoms with Crippen molar-refractivity contribution in [2.45, 2.75) is 0 Å². The average Bonchev–Trinajstić information content (AvgIpc) is 3.91. The number of rotatable bonds is 5. The van der Waals surface area contributed by atoms with Crippen LogP contribution in [0.25, 0.3) is 143 Å². The summed E-state index contributed by atoms with van der Waals surface area (Å²) in [7, 11) is 0. The van der Waals surface area contributed by atoms with E-state index in [0.29, 0.717) is 0 Å². The highest BCUT2D eigenvalue weighted by Gasteiger charge is 2.30. The van der Waals surface area contributed by atoms with Crippen molar-refractivity contribution in [2.75, 3.05) is 0 Å². The fourth-order valence-corrected chi connectivity index (χ4v) is 11.4. The number of fused-ring (bicyclic) bond motifs is 9. The van der Waals surface area contributed by atoms with Gasteiger partial charge in [-0.05, 0) is 151 Å². The van der Waals surface area contributed by atoms with E-state index in [1.165, 1.54) is 132 Å². The molecule has 0 radical (unpaired) electrons. The first-order valence-corrected chi connectivity index (χ1v) is 22.6. The SMILES string of the molecule is c1ccc(-c2c3c(c(-c4ccccc4)c4cc(-c5ccc6[nH]c7ccc(-c8c9ccccc9c(-c9ccccc9)c9ccccc89)cc7c6c5)ccc24)-c2cccc4cccc-3c24)cc1. The van der Waals surface area contributed by atoms with E-state index in [0.717, 1.165) is 11.0 Å². The molecule has 0 fully saturated rings. The van der Waals surface area contributed by atoms with Crippen LogP contribution in [0, 0.1) is 0 Å². The average molecular weight is 822 g/mol. The number of hydrogen-bond acceptors (Lipinski definition) is 0. The van der Waals surface area contributed by atoms with Crippen molar-refractivity contribution in [3.05, 3.63) is 231 Å². The van der Waals surface area contributed by atoms with Gasteiger partial charge in [-0.25, -0.2) is 0 Å². The normalized spacial score (nSPS) is 12.0. The highest BCUT2D eigenvalue weighted by molar-refractivity contribution is 6.28. The van der Waals surface area contributed by atoms with E-state index in [4.69, 9.17) is 0 Å². The molecule has 12 aromatic carbocycles. The van der Waals surface area contributed by atoms with Gasteiger partial charge in [0.2, 0.25) is 0 Å². The van der Waals surface area contributed by atoms with Crippen LogP contribution in [0.3, 0.4) is 0 Å². The summed E-state index contributed by atoms with van der Waals surface area (Å²) in [5, 5.41) is 12.6. The van der Waals surface area contributed by atoms with Gasteiger partial charge >= 0.3 is 0 Å². The van der Waals surface area contributed by atoms with Gasteiger partial charge in [-0.3, -0.25) is 0 Å². The molecule has 0 spiro atoms. The number of aromatic nitrogens is 1. The molecule has 1 aliphatic rings. The molecular formula is C64H39N. The zero-order chi connectivity index (χ0) is 42.6. The molecule has 1 aliphatic carbocycles. The first-order valence-electron chi connectivity index (χ1n) is 22.6. The zero-order valence-electron chi connectivity index (χ0n) is 35.4. The summed E-state index contributed by atoms with van der Waals surface area (Å²) < 4.78 is 0. The molecule has 0 atom stereocenters. The lowest BCUT2D eigenvalue weighted by atomic mass is 9.82. The van der Waals surface area contributed by atoms with Crippen molar-refractivity contribution >= 4 is 64.9 Å². The number of H-pyrrole nitrogens is 1. The Hall–Kier alpha value is -8.52. The van der Waals surface area contributed by atoms with E-state index in [9.17, 15) is 0 Å². The molecule has 0 bridgehead atoms. The van der Waals surface area contributed by atoms with E-state index >= 15 is 0 Å². The van der Waals surface area contributed by atoms with E-state index in [1.807, 2.05) is 0 Å². The summed E-state index contributed by atoms with van der Waals surface area (Å²) >= 11 is 0. The molecule has 0 aliphatic heterocycles. The Morgan fingerprint density at radius 3 is 1.12 bits per heavy atom. The van der Waals surface area contributed by atoms with Crippen molar-refractivity contribution in [3.63, 3.8) is 0 Å². The topological polar surface area (TPSA) is 15.8 Å². The smallest absolute Gasteiger partial charge is 0.0465 e. The second kappa shape index (κ2) is 14.0. The third kappa shape index (κ3) is 5.33. The largest absolute Gasteiger partial charge is 0.355 e. The van der Waals surface area contributed by atoms with Gasteiger partial charge in [0.05, 0.1) is 0 Å². The van der Waals surface area contributed by atoms with Gasteiger partial charge in [-0.1, -0.05) is 200 Å². The Labute approximate surface area is 376 Å².